The molecule has 0 atom stereocenters. The van der Waals surface area contributed by atoms with Gasteiger partial charge in [0.2, 0.25) is 5.91 Å². The van der Waals surface area contributed by atoms with Gasteiger partial charge in [0, 0.05) is 31.6 Å². The standard InChI is InChI=1S/C14H17N5OS/c1-19(7-2-6-15)8-5-13(20)18-14-17-11-4-3-10(16)9-12(11)21-14/h3-4,9H,2,5,7-8,16H2,1H3,(H,17,18,20). The number of nitrogens with zero attached hydrogens (tertiary/aromatic N) is 3. The Hall–Kier alpha value is -2.17. The fourth-order valence-corrected chi connectivity index (χ4v) is 2.75. The number of hydrogen-bond donors (Lipinski definition) is 2. The molecular formula is C14H17N5OS. The molecule has 1 aromatic carbocycles. The maximum atomic E-state index is 11.9. The summed E-state index contributed by atoms with van der Waals surface area (Å²) in [6, 6.07) is 7.56. The Morgan fingerprint density at radius 3 is 3.10 bits per heavy atom. The molecule has 7 heteroatoms. The number of benzene rings is 1. The largest absolute Gasteiger partial charge is 0.399 e. The molecule has 0 unspecified atom stereocenters. The summed E-state index contributed by atoms with van der Waals surface area (Å²) in [7, 11) is 1.89. The number of fused-ring (bicyclic) bond motifs is 1. The van der Waals surface area contributed by atoms with Gasteiger partial charge in [-0.2, -0.15) is 5.26 Å². The van der Waals surface area contributed by atoms with Crippen molar-refractivity contribution in [3.8, 4) is 6.07 Å². The van der Waals surface area contributed by atoms with Crippen molar-refractivity contribution >= 4 is 38.3 Å². The highest BCUT2D eigenvalue weighted by atomic mass is 32.1. The van der Waals surface area contributed by atoms with Crippen LogP contribution in [0.3, 0.4) is 0 Å². The summed E-state index contributed by atoms with van der Waals surface area (Å²) in [5, 5.41) is 11.9. The Balaban J connectivity index is 1.88. The normalized spacial score (nSPS) is 10.7. The van der Waals surface area contributed by atoms with E-state index in [0.717, 1.165) is 10.2 Å². The second-order valence-electron chi connectivity index (χ2n) is 4.76. The van der Waals surface area contributed by atoms with Gasteiger partial charge in [0.1, 0.15) is 0 Å². The SMILES string of the molecule is CN(CCC#N)CCC(=O)Nc1nc2ccc(N)cc2s1. The molecule has 1 amide bonds. The van der Waals surface area contributed by atoms with Gasteiger partial charge in [-0.15, -0.1) is 0 Å². The Morgan fingerprint density at radius 1 is 1.52 bits per heavy atom. The van der Waals surface area contributed by atoms with Gasteiger partial charge in [-0.05, 0) is 25.2 Å². The van der Waals surface area contributed by atoms with E-state index in [1.807, 2.05) is 24.1 Å². The fraction of sp³-hybridized carbons (Fsp3) is 0.357. The van der Waals surface area contributed by atoms with Crippen LogP contribution < -0.4 is 11.1 Å². The second kappa shape index (κ2) is 7.02. The zero-order valence-electron chi connectivity index (χ0n) is 11.8. The van der Waals surface area contributed by atoms with Gasteiger partial charge in [0.05, 0.1) is 16.3 Å². The number of hydrogen-bond acceptors (Lipinski definition) is 6. The molecule has 1 heterocycles. The van der Waals surface area contributed by atoms with Gasteiger partial charge in [-0.25, -0.2) is 4.98 Å². The molecular weight excluding hydrogens is 286 g/mol. The highest BCUT2D eigenvalue weighted by Crippen LogP contribution is 2.27. The first-order valence-electron chi connectivity index (χ1n) is 6.60. The summed E-state index contributed by atoms with van der Waals surface area (Å²) in [5.74, 6) is -0.0779. The Bertz CT molecular complexity index is 676. The summed E-state index contributed by atoms with van der Waals surface area (Å²) in [4.78, 5) is 18.2. The Labute approximate surface area is 127 Å². The smallest absolute Gasteiger partial charge is 0.227 e. The molecule has 0 bridgehead atoms. The summed E-state index contributed by atoms with van der Waals surface area (Å²) < 4.78 is 0.955. The van der Waals surface area contributed by atoms with Gasteiger partial charge in [-0.1, -0.05) is 11.3 Å². The van der Waals surface area contributed by atoms with E-state index in [-0.39, 0.29) is 5.91 Å². The summed E-state index contributed by atoms with van der Waals surface area (Å²) in [6.45, 7) is 1.29. The molecule has 0 spiro atoms. The molecule has 0 aliphatic heterocycles. The average Bonchev–Trinajstić information content (AvgIpc) is 2.84. The predicted molar refractivity (Wildman–Crippen MR) is 85.0 cm³/mol. The minimum Gasteiger partial charge on any atom is -0.399 e. The number of rotatable bonds is 6. The van der Waals surface area contributed by atoms with Crippen molar-refractivity contribution in [2.24, 2.45) is 0 Å². The molecule has 0 aliphatic rings. The Kier molecular flexibility index (Phi) is 5.09. The fourth-order valence-electron chi connectivity index (χ4n) is 1.82. The molecule has 0 saturated heterocycles. The Morgan fingerprint density at radius 2 is 2.33 bits per heavy atom. The van der Waals surface area contributed by atoms with Crippen molar-refractivity contribution in [2.45, 2.75) is 12.8 Å². The number of nitrogens with one attached hydrogen (secondary N) is 1. The van der Waals surface area contributed by atoms with Crippen LogP contribution in [0.4, 0.5) is 10.8 Å². The average molecular weight is 303 g/mol. The first kappa shape index (κ1) is 15.2. The monoisotopic (exact) mass is 303 g/mol. The van der Waals surface area contributed by atoms with Gasteiger partial charge >= 0.3 is 0 Å². The summed E-state index contributed by atoms with van der Waals surface area (Å²) in [5.41, 5.74) is 7.23. The molecule has 2 rings (SSSR count). The number of nitrogens with two attached hydrogens (primary N) is 1. The van der Waals surface area contributed by atoms with Crippen LogP contribution in [-0.4, -0.2) is 35.9 Å². The van der Waals surface area contributed by atoms with E-state index in [2.05, 4.69) is 16.4 Å². The summed E-state index contributed by atoms with van der Waals surface area (Å²) in [6.07, 6.45) is 0.845. The highest BCUT2D eigenvalue weighted by Gasteiger charge is 2.09. The van der Waals surface area contributed by atoms with Crippen molar-refractivity contribution in [1.82, 2.24) is 9.88 Å². The third-order valence-electron chi connectivity index (χ3n) is 2.98. The number of amides is 1. The zero-order valence-corrected chi connectivity index (χ0v) is 12.6. The first-order chi connectivity index (χ1) is 10.1. The molecule has 2 aromatic rings. The van der Waals surface area contributed by atoms with Crippen molar-refractivity contribution < 1.29 is 4.79 Å². The maximum absolute atomic E-state index is 11.9. The minimum atomic E-state index is -0.0779. The first-order valence-corrected chi connectivity index (χ1v) is 7.41. The lowest BCUT2D eigenvalue weighted by Crippen LogP contribution is -2.25. The molecule has 6 nitrogen and oxygen atoms in total. The van der Waals surface area contributed by atoms with Crippen LogP contribution >= 0.6 is 11.3 Å². The van der Waals surface area contributed by atoms with E-state index in [1.54, 1.807) is 6.07 Å². The topological polar surface area (TPSA) is 95.0 Å². The van der Waals surface area contributed by atoms with E-state index in [1.165, 1.54) is 11.3 Å². The number of nitrogen functional groups attached to an aromatic ring is 1. The number of aromatic nitrogens is 1. The van der Waals surface area contributed by atoms with Crippen molar-refractivity contribution in [2.75, 3.05) is 31.2 Å². The van der Waals surface area contributed by atoms with Gasteiger partial charge < -0.3 is 16.0 Å². The van der Waals surface area contributed by atoms with Crippen molar-refractivity contribution in [3.05, 3.63) is 18.2 Å². The molecule has 3 N–H and O–H groups in total. The number of thiazole rings is 1. The minimum absolute atomic E-state index is 0.0779. The molecule has 0 saturated carbocycles. The van der Waals surface area contributed by atoms with Crippen LogP contribution in [0.2, 0.25) is 0 Å². The highest BCUT2D eigenvalue weighted by molar-refractivity contribution is 7.22. The van der Waals surface area contributed by atoms with E-state index < -0.39 is 0 Å². The van der Waals surface area contributed by atoms with Crippen molar-refractivity contribution in [1.29, 1.82) is 5.26 Å². The number of carbonyl (C=O) groups excluding carboxylic acids is 1. The maximum Gasteiger partial charge on any atom is 0.227 e. The van der Waals surface area contributed by atoms with Crippen LogP contribution in [0.15, 0.2) is 18.2 Å². The van der Waals surface area contributed by atoms with Gasteiger partial charge in [0.25, 0.3) is 0 Å². The van der Waals surface area contributed by atoms with Crippen LogP contribution in [-0.2, 0) is 4.79 Å². The quantitative estimate of drug-likeness (QED) is 0.796. The number of anilines is 2. The lowest BCUT2D eigenvalue weighted by atomic mass is 10.3. The van der Waals surface area contributed by atoms with E-state index in [0.29, 0.717) is 36.8 Å². The third-order valence-corrected chi connectivity index (χ3v) is 3.92. The zero-order chi connectivity index (χ0) is 15.2. The third kappa shape index (κ3) is 4.41. The molecule has 0 fully saturated rings. The molecule has 110 valence electrons. The second-order valence-corrected chi connectivity index (χ2v) is 5.79. The molecule has 1 aromatic heterocycles. The lowest BCUT2D eigenvalue weighted by Gasteiger charge is -2.13. The van der Waals surface area contributed by atoms with Crippen molar-refractivity contribution in [3.63, 3.8) is 0 Å². The van der Waals surface area contributed by atoms with Crippen LogP contribution in [0.1, 0.15) is 12.8 Å². The summed E-state index contributed by atoms with van der Waals surface area (Å²) >= 11 is 1.41. The number of nitriles is 1. The lowest BCUT2D eigenvalue weighted by molar-refractivity contribution is -0.116. The molecule has 0 radical (unpaired) electrons. The van der Waals surface area contributed by atoms with Crippen LogP contribution in [0, 0.1) is 11.3 Å². The van der Waals surface area contributed by atoms with E-state index in [9.17, 15) is 4.79 Å². The van der Waals surface area contributed by atoms with E-state index in [4.69, 9.17) is 11.0 Å². The number of carbonyl (C=O) groups is 1. The van der Waals surface area contributed by atoms with Gasteiger partial charge in [0.15, 0.2) is 5.13 Å². The van der Waals surface area contributed by atoms with Crippen LogP contribution in [0.5, 0.6) is 0 Å². The molecule has 0 aliphatic carbocycles. The van der Waals surface area contributed by atoms with E-state index >= 15 is 0 Å². The predicted octanol–water partition coefficient (Wildman–Crippen LogP) is 2.05. The van der Waals surface area contributed by atoms with Gasteiger partial charge in [-0.3, -0.25) is 4.79 Å². The van der Waals surface area contributed by atoms with Crippen LogP contribution in [0.25, 0.3) is 10.2 Å². The molecule has 21 heavy (non-hydrogen) atoms.